The summed E-state index contributed by atoms with van der Waals surface area (Å²) in [6.07, 6.45) is 11.4. The van der Waals surface area contributed by atoms with Crippen LogP contribution in [0.2, 0.25) is 0 Å². The molecule has 1 saturated heterocycles. The molecule has 4 aliphatic carbocycles. The standard InChI is InChI=1S/C23H32FNO/c1-22-9-7-15(25-11-3-4-12-25)13-19(22)20(24)14-16-17-5-6-21(26)23(17,2)10-8-18(16)22/h13,16-18H,3-12,14H2,1-2H3/t16-,17-,18-,22+,23-/m0/s1. The van der Waals surface area contributed by atoms with Gasteiger partial charge in [-0.15, -0.1) is 0 Å². The summed E-state index contributed by atoms with van der Waals surface area (Å²) >= 11 is 0. The summed E-state index contributed by atoms with van der Waals surface area (Å²) < 4.78 is 15.4. The maximum Gasteiger partial charge on any atom is 0.139 e. The fraction of sp³-hybridized carbons (Fsp3) is 0.783. The molecule has 5 atom stereocenters. The van der Waals surface area contributed by atoms with E-state index in [4.69, 9.17) is 0 Å². The molecule has 0 N–H and O–H groups in total. The molecule has 1 aliphatic heterocycles. The summed E-state index contributed by atoms with van der Waals surface area (Å²) in [5.41, 5.74) is 2.20. The predicted octanol–water partition coefficient (Wildman–Crippen LogP) is 5.41. The first kappa shape index (κ1) is 17.0. The summed E-state index contributed by atoms with van der Waals surface area (Å²) in [6.45, 7) is 6.79. The number of nitrogens with zero attached hydrogens (tertiary/aromatic N) is 1. The molecule has 26 heavy (non-hydrogen) atoms. The number of hydrogen-bond acceptors (Lipinski definition) is 2. The monoisotopic (exact) mass is 357 g/mol. The first-order valence-corrected chi connectivity index (χ1v) is 10.8. The second-order valence-electron chi connectivity index (χ2n) is 10.1. The van der Waals surface area contributed by atoms with Crippen LogP contribution in [0.3, 0.4) is 0 Å². The van der Waals surface area contributed by atoms with Crippen LogP contribution in [0.4, 0.5) is 4.39 Å². The Morgan fingerprint density at radius 3 is 2.54 bits per heavy atom. The number of ketones is 1. The lowest BCUT2D eigenvalue weighted by Crippen LogP contribution is -2.50. The van der Waals surface area contributed by atoms with Crippen molar-refractivity contribution >= 4 is 5.78 Å². The molecule has 0 aromatic carbocycles. The first-order chi connectivity index (χ1) is 12.4. The van der Waals surface area contributed by atoms with Crippen molar-refractivity contribution in [2.24, 2.45) is 28.6 Å². The Morgan fingerprint density at radius 1 is 1.04 bits per heavy atom. The summed E-state index contributed by atoms with van der Waals surface area (Å²) in [6, 6.07) is 0. The number of fused-ring (bicyclic) bond motifs is 5. The number of rotatable bonds is 1. The van der Waals surface area contributed by atoms with Gasteiger partial charge in [0.05, 0.1) is 0 Å². The van der Waals surface area contributed by atoms with Crippen LogP contribution in [-0.4, -0.2) is 23.8 Å². The second-order valence-corrected chi connectivity index (χ2v) is 10.1. The minimum atomic E-state index is -0.166. The molecule has 0 radical (unpaired) electrons. The second kappa shape index (κ2) is 5.69. The zero-order valence-corrected chi connectivity index (χ0v) is 16.3. The number of halogens is 1. The predicted molar refractivity (Wildman–Crippen MR) is 101 cm³/mol. The lowest BCUT2D eigenvalue weighted by atomic mass is 9.48. The van der Waals surface area contributed by atoms with Gasteiger partial charge in [0.1, 0.15) is 11.6 Å². The van der Waals surface area contributed by atoms with Crippen LogP contribution in [0.1, 0.15) is 71.6 Å². The quantitative estimate of drug-likeness (QED) is 0.626. The molecule has 5 aliphatic rings. The van der Waals surface area contributed by atoms with Crippen LogP contribution in [-0.2, 0) is 4.79 Å². The van der Waals surface area contributed by atoms with E-state index in [2.05, 4.69) is 24.8 Å². The summed E-state index contributed by atoms with van der Waals surface area (Å²) in [5.74, 6) is 1.91. The van der Waals surface area contributed by atoms with Gasteiger partial charge in [0.15, 0.2) is 0 Å². The van der Waals surface area contributed by atoms with E-state index in [-0.39, 0.29) is 16.7 Å². The number of carbonyl (C=O) groups excluding carboxylic acids is 1. The highest BCUT2D eigenvalue weighted by Crippen LogP contribution is 2.65. The number of likely N-dealkylation sites (tertiary alicyclic amines) is 1. The lowest BCUT2D eigenvalue weighted by molar-refractivity contribution is -0.131. The van der Waals surface area contributed by atoms with E-state index in [0.29, 0.717) is 30.0 Å². The minimum Gasteiger partial charge on any atom is -0.375 e. The Bertz CT molecular complexity index is 703. The van der Waals surface area contributed by atoms with Crippen LogP contribution in [0.15, 0.2) is 23.2 Å². The molecule has 0 spiro atoms. The van der Waals surface area contributed by atoms with Crippen molar-refractivity contribution in [2.75, 3.05) is 13.1 Å². The van der Waals surface area contributed by atoms with Crippen molar-refractivity contribution in [3.8, 4) is 0 Å². The number of allylic oxidation sites excluding steroid dienone is 4. The average Bonchev–Trinajstić information content (AvgIpc) is 3.24. The van der Waals surface area contributed by atoms with E-state index in [0.717, 1.165) is 57.2 Å². The van der Waals surface area contributed by atoms with Gasteiger partial charge >= 0.3 is 0 Å². The van der Waals surface area contributed by atoms with Crippen molar-refractivity contribution < 1.29 is 9.18 Å². The van der Waals surface area contributed by atoms with Crippen LogP contribution in [0.25, 0.3) is 0 Å². The zero-order valence-electron chi connectivity index (χ0n) is 16.3. The summed E-state index contributed by atoms with van der Waals surface area (Å²) in [7, 11) is 0. The fourth-order valence-corrected chi connectivity index (χ4v) is 7.40. The maximum atomic E-state index is 15.4. The third kappa shape index (κ3) is 2.18. The molecule has 0 amide bonds. The van der Waals surface area contributed by atoms with E-state index < -0.39 is 0 Å². The van der Waals surface area contributed by atoms with E-state index in [1.54, 1.807) is 0 Å². The Hall–Kier alpha value is -1.12. The third-order valence-corrected chi connectivity index (χ3v) is 9.01. The van der Waals surface area contributed by atoms with Gasteiger partial charge in [0.25, 0.3) is 0 Å². The number of carbonyl (C=O) groups is 1. The molecule has 0 aromatic rings. The molecule has 0 aromatic heterocycles. The van der Waals surface area contributed by atoms with Gasteiger partial charge in [-0.3, -0.25) is 4.79 Å². The first-order valence-electron chi connectivity index (χ1n) is 10.8. The molecular weight excluding hydrogens is 325 g/mol. The molecule has 5 rings (SSSR count). The maximum absolute atomic E-state index is 15.4. The molecule has 3 heteroatoms. The smallest absolute Gasteiger partial charge is 0.139 e. The molecule has 0 bridgehead atoms. The Morgan fingerprint density at radius 2 is 1.77 bits per heavy atom. The highest BCUT2D eigenvalue weighted by Gasteiger charge is 2.59. The van der Waals surface area contributed by atoms with Gasteiger partial charge in [-0.1, -0.05) is 13.8 Å². The number of hydrogen-bond donors (Lipinski definition) is 0. The van der Waals surface area contributed by atoms with E-state index in [1.807, 2.05) is 0 Å². The highest BCUT2D eigenvalue weighted by atomic mass is 19.1. The number of Topliss-reactive ketones (excluding diaryl/α,β-unsaturated/α-hetero) is 1. The summed E-state index contributed by atoms with van der Waals surface area (Å²) in [5, 5.41) is 0. The molecular formula is C23H32FNO. The minimum absolute atomic E-state index is 0.0246. The normalized spacial score (nSPS) is 45.3. The van der Waals surface area contributed by atoms with E-state index in [1.165, 1.54) is 18.5 Å². The lowest BCUT2D eigenvalue weighted by Gasteiger charge is -2.56. The van der Waals surface area contributed by atoms with Crippen LogP contribution >= 0.6 is 0 Å². The van der Waals surface area contributed by atoms with Gasteiger partial charge in [-0.05, 0) is 79.8 Å². The van der Waals surface area contributed by atoms with Crippen molar-refractivity contribution in [3.05, 3.63) is 23.2 Å². The average molecular weight is 358 g/mol. The largest absolute Gasteiger partial charge is 0.375 e. The van der Waals surface area contributed by atoms with Gasteiger partial charge < -0.3 is 4.90 Å². The van der Waals surface area contributed by atoms with Crippen molar-refractivity contribution in [2.45, 2.75) is 71.6 Å². The highest BCUT2D eigenvalue weighted by molar-refractivity contribution is 5.87. The van der Waals surface area contributed by atoms with Crippen molar-refractivity contribution in [3.63, 3.8) is 0 Å². The van der Waals surface area contributed by atoms with Gasteiger partial charge in [0.2, 0.25) is 0 Å². The van der Waals surface area contributed by atoms with E-state index in [9.17, 15) is 4.79 Å². The van der Waals surface area contributed by atoms with Gasteiger partial charge in [-0.25, -0.2) is 4.39 Å². The molecule has 142 valence electrons. The van der Waals surface area contributed by atoms with Crippen molar-refractivity contribution in [1.29, 1.82) is 0 Å². The van der Waals surface area contributed by atoms with Crippen molar-refractivity contribution in [1.82, 2.24) is 4.90 Å². The SMILES string of the molecule is C[C@]12CCC(N3CCCC3)=CC1=C(F)C[C@@H]1[C@@H]2CC[C@]2(C)C(=O)CC[C@@H]12. The van der Waals surface area contributed by atoms with E-state index >= 15 is 4.39 Å². The molecule has 2 nitrogen and oxygen atoms in total. The zero-order chi connectivity index (χ0) is 18.1. The molecule has 0 unspecified atom stereocenters. The Balaban J connectivity index is 1.51. The van der Waals surface area contributed by atoms with Crippen LogP contribution in [0, 0.1) is 28.6 Å². The fourth-order valence-electron chi connectivity index (χ4n) is 7.40. The van der Waals surface area contributed by atoms with Gasteiger partial charge in [0, 0.05) is 37.0 Å². The van der Waals surface area contributed by atoms with Crippen LogP contribution < -0.4 is 0 Å². The molecule has 2 saturated carbocycles. The van der Waals surface area contributed by atoms with Crippen LogP contribution in [0.5, 0.6) is 0 Å². The molecule has 1 heterocycles. The van der Waals surface area contributed by atoms with Gasteiger partial charge in [-0.2, -0.15) is 0 Å². The Kier molecular flexibility index (Phi) is 3.72. The molecule has 3 fully saturated rings. The summed E-state index contributed by atoms with van der Waals surface area (Å²) in [4.78, 5) is 15.0. The topological polar surface area (TPSA) is 20.3 Å². The third-order valence-electron chi connectivity index (χ3n) is 9.01. The Labute approximate surface area is 156 Å².